The number of nitrogens with one attached hydrogen (secondary N) is 1. The van der Waals surface area contributed by atoms with Gasteiger partial charge in [0.15, 0.2) is 0 Å². The van der Waals surface area contributed by atoms with E-state index in [1.165, 1.54) is 29.7 Å². The molecular formula is C24H32N2OS. The first kappa shape index (κ1) is 20.8. The van der Waals surface area contributed by atoms with Gasteiger partial charge in [0, 0.05) is 24.5 Å². The molecule has 1 atom stereocenters. The minimum Gasteiger partial charge on any atom is -0.372 e. The molecule has 3 nitrogen and oxygen atoms in total. The first-order valence-corrected chi connectivity index (χ1v) is 11.4. The Morgan fingerprint density at radius 1 is 1.18 bits per heavy atom. The number of thioether (sulfide) groups is 1. The molecule has 3 rings (SSSR count). The molecule has 1 amide bonds. The van der Waals surface area contributed by atoms with Crippen molar-refractivity contribution in [1.82, 2.24) is 5.32 Å². The Balaban J connectivity index is 1.44. The van der Waals surface area contributed by atoms with Gasteiger partial charge in [-0.1, -0.05) is 48.9 Å². The lowest BCUT2D eigenvalue weighted by Crippen LogP contribution is -2.32. The third-order valence-electron chi connectivity index (χ3n) is 5.50. The van der Waals surface area contributed by atoms with Crippen LogP contribution >= 0.6 is 11.8 Å². The molecule has 1 heterocycles. The van der Waals surface area contributed by atoms with Crippen LogP contribution < -0.4 is 10.2 Å². The molecule has 0 spiro atoms. The SMILES string of the molecule is Cc1cccc(CSCC(=O)NC(C)c2ccc(N3CCC(C)CC3)cc2)c1. The maximum atomic E-state index is 12.3. The highest BCUT2D eigenvalue weighted by molar-refractivity contribution is 7.99. The second kappa shape index (κ2) is 10.0. The summed E-state index contributed by atoms with van der Waals surface area (Å²) >= 11 is 1.66. The van der Waals surface area contributed by atoms with Crippen LogP contribution in [0.2, 0.25) is 0 Å². The molecule has 28 heavy (non-hydrogen) atoms. The maximum Gasteiger partial charge on any atom is 0.230 e. The highest BCUT2D eigenvalue weighted by Crippen LogP contribution is 2.24. The molecule has 1 N–H and O–H groups in total. The Labute approximate surface area is 173 Å². The van der Waals surface area contributed by atoms with Crippen LogP contribution in [0.3, 0.4) is 0 Å². The van der Waals surface area contributed by atoms with Crippen LogP contribution in [0, 0.1) is 12.8 Å². The summed E-state index contributed by atoms with van der Waals surface area (Å²) in [5, 5.41) is 3.13. The molecule has 0 aliphatic carbocycles. The van der Waals surface area contributed by atoms with Crippen molar-refractivity contribution in [2.45, 2.75) is 45.4 Å². The highest BCUT2D eigenvalue weighted by atomic mass is 32.2. The Hall–Kier alpha value is -1.94. The van der Waals surface area contributed by atoms with Crippen molar-refractivity contribution in [3.8, 4) is 0 Å². The minimum absolute atomic E-state index is 0.0301. The van der Waals surface area contributed by atoms with Gasteiger partial charge in [0.2, 0.25) is 5.91 Å². The number of nitrogens with zero attached hydrogens (tertiary/aromatic N) is 1. The van der Waals surface area contributed by atoms with E-state index >= 15 is 0 Å². The smallest absolute Gasteiger partial charge is 0.230 e. The fourth-order valence-corrected chi connectivity index (χ4v) is 4.46. The van der Waals surface area contributed by atoms with Crippen molar-refractivity contribution in [3.63, 3.8) is 0 Å². The molecule has 1 fully saturated rings. The number of aryl methyl sites for hydroxylation is 1. The molecule has 1 saturated heterocycles. The standard InChI is InChI=1S/C24H32N2OS/c1-18-11-13-26(14-12-18)23-9-7-22(8-10-23)20(3)25-24(27)17-28-16-21-6-4-5-19(2)15-21/h4-10,15,18,20H,11-14,16-17H2,1-3H3,(H,25,27). The van der Waals surface area contributed by atoms with E-state index < -0.39 is 0 Å². The third kappa shape index (κ3) is 6.03. The number of benzene rings is 2. The van der Waals surface area contributed by atoms with E-state index in [0.717, 1.165) is 30.3 Å². The van der Waals surface area contributed by atoms with E-state index in [1.54, 1.807) is 11.8 Å². The number of piperidine rings is 1. The van der Waals surface area contributed by atoms with Gasteiger partial charge in [-0.05, 0) is 55.9 Å². The fraction of sp³-hybridized carbons (Fsp3) is 0.458. The number of anilines is 1. The Bertz CT molecular complexity index is 766. The number of hydrogen-bond donors (Lipinski definition) is 1. The van der Waals surface area contributed by atoms with Crippen molar-refractivity contribution < 1.29 is 4.79 Å². The van der Waals surface area contributed by atoms with Crippen molar-refractivity contribution in [3.05, 3.63) is 65.2 Å². The average Bonchev–Trinajstić information content (AvgIpc) is 2.69. The van der Waals surface area contributed by atoms with Crippen LogP contribution in [0.4, 0.5) is 5.69 Å². The first-order chi connectivity index (χ1) is 13.5. The quantitative estimate of drug-likeness (QED) is 0.685. The van der Waals surface area contributed by atoms with Crippen LogP contribution in [-0.2, 0) is 10.5 Å². The van der Waals surface area contributed by atoms with Crippen LogP contribution in [-0.4, -0.2) is 24.7 Å². The van der Waals surface area contributed by atoms with Crippen molar-refractivity contribution in [2.75, 3.05) is 23.7 Å². The minimum atomic E-state index is 0.0301. The summed E-state index contributed by atoms with van der Waals surface area (Å²) in [6.45, 7) is 8.78. The van der Waals surface area contributed by atoms with Crippen LogP contribution in [0.25, 0.3) is 0 Å². The van der Waals surface area contributed by atoms with Crippen LogP contribution in [0.15, 0.2) is 48.5 Å². The largest absolute Gasteiger partial charge is 0.372 e. The molecule has 4 heteroatoms. The van der Waals surface area contributed by atoms with E-state index in [9.17, 15) is 4.79 Å². The molecule has 0 bridgehead atoms. The van der Waals surface area contributed by atoms with Crippen molar-refractivity contribution >= 4 is 23.4 Å². The second-order valence-electron chi connectivity index (χ2n) is 8.03. The predicted molar refractivity (Wildman–Crippen MR) is 121 cm³/mol. The number of hydrogen-bond acceptors (Lipinski definition) is 3. The Morgan fingerprint density at radius 3 is 2.57 bits per heavy atom. The Morgan fingerprint density at radius 2 is 1.89 bits per heavy atom. The van der Waals surface area contributed by atoms with Gasteiger partial charge in [-0.2, -0.15) is 0 Å². The van der Waals surface area contributed by atoms with E-state index in [1.807, 2.05) is 0 Å². The number of amides is 1. The average molecular weight is 397 g/mol. The lowest BCUT2D eigenvalue weighted by Gasteiger charge is -2.32. The third-order valence-corrected chi connectivity index (χ3v) is 6.51. The van der Waals surface area contributed by atoms with Crippen LogP contribution in [0.1, 0.15) is 49.4 Å². The van der Waals surface area contributed by atoms with Gasteiger partial charge in [-0.25, -0.2) is 0 Å². The molecule has 150 valence electrons. The van der Waals surface area contributed by atoms with Gasteiger partial charge in [0.1, 0.15) is 0 Å². The molecule has 2 aromatic carbocycles. The lowest BCUT2D eigenvalue weighted by molar-refractivity contribution is -0.119. The van der Waals surface area contributed by atoms with Gasteiger partial charge in [-0.15, -0.1) is 11.8 Å². The summed E-state index contributed by atoms with van der Waals surface area (Å²) in [6.07, 6.45) is 2.54. The van der Waals surface area contributed by atoms with Crippen molar-refractivity contribution in [2.24, 2.45) is 5.92 Å². The molecule has 1 unspecified atom stereocenters. The molecule has 1 aliphatic heterocycles. The summed E-state index contributed by atoms with van der Waals surface area (Å²) in [5.41, 5.74) is 4.99. The first-order valence-electron chi connectivity index (χ1n) is 10.3. The summed E-state index contributed by atoms with van der Waals surface area (Å²) in [4.78, 5) is 14.8. The monoisotopic (exact) mass is 396 g/mol. The van der Waals surface area contributed by atoms with Gasteiger partial charge in [0.05, 0.1) is 11.8 Å². The number of rotatable bonds is 7. The second-order valence-corrected chi connectivity index (χ2v) is 9.02. The topological polar surface area (TPSA) is 32.3 Å². The van der Waals surface area contributed by atoms with Gasteiger partial charge in [0.25, 0.3) is 0 Å². The van der Waals surface area contributed by atoms with Crippen molar-refractivity contribution in [1.29, 1.82) is 0 Å². The molecule has 2 aromatic rings. The zero-order valence-corrected chi connectivity index (χ0v) is 18.1. The summed E-state index contributed by atoms with van der Waals surface area (Å²) in [7, 11) is 0. The van der Waals surface area contributed by atoms with E-state index in [4.69, 9.17) is 0 Å². The van der Waals surface area contributed by atoms with Gasteiger partial charge in [-0.3, -0.25) is 4.79 Å². The highest BCUT2D eigenvalue weighted by Gasteiger charge is 2.16. The van der Waals surface area contributed by atoms with E-state index in [2.05, 4.69) is 79.5 Å². The molecule has 1 aliphatic rings. The molecular weight excluding hydrogens is 364 g/mol. The molecule has 0 aromatic heterocycles. The summed E-state index contributed by atoms with van der Waals surface area (Å²) in [5.74, 6) is 2.29. The summed E-state index contributed by atoms with van der Waals surface area (Å²) < 4.78 is 0. The van der Waals surface area contributed by atoms with Gasteiger partial charge >= 0.3 is 0 Å². The summed E-state index contributed by atoms with van der Waals surface area (Å²) in [6, 6.07) is 17.2. The van der Waals surface area contributed by atoms with Crippen LogP contribution in [0.5, 0.6) is 0 Å². The lowest BCUT2D eigenvalue weighted by atomic mass is 9.98. The molecule has 0 radical (unpaired) electrons. The fourth-order valence-electron chi connectivity index (χ4n) is 3.67. The van der Waals surface area contributed by atoms with E-state index in [-0.39, 0.29) is 11.9 Å². The number of carbonyl (C=O) groups is 1. The predicted octanol–water partition coefficient (Wildman–Crippen LogP) is 5.34. The zero-order chi connectivity index (χ0) is 19.9. The maximum absolute atomic E-state index is 12.3. The molecule has 0 saturated carbocycles. The zero-order valence-electron chi connectivity index (χ0n) is 17.3. The number of carbonyl (C=O) groups excluding carboxylic acids is 1. The van der Waals surface area contributed by atoms with E-state index in [0.29, 0.717) is 5.75 Å². The normalized spacial score (nSPS) is 16.0. The van der Waals surface area contributed by atoms with Gasteiger partial charge < -0.3 is 10.2 Å². The Kier molecular flexibility index (Phi) is 7.43.